The fourth-order valence-corrected chi connectivity index (χ4v) is 3.80. The highest BCUT2D eigenvalue weighted by Gasteiger charge is 2.27. The molecule has 0 unspecified atom stereocenters. The van der Waals surface area contributed by atoms with Gasteiger partial charge < -0.3 is 24.4 Å². The molecule has 8 heteroatoms. The molecule has 1 atom stereocenters. The number of hydrogen-bond donors (Lipinski definition) is 2. The fraction of sp³-hybridized carbons (Fsp3) is 0.360. The minimum absolute atomic E-state index is 0.0994. The number of methoxy groups -OCH3 is 1. The maximum absolute atomic E-state index is 13.1. The van der Waals surface area contributed by atoms with Gasteiger partial charge in [0.1, 0.15) is 23.9 Å². The molecule has 0 saturated heterocycles. The number of benzene rings is 2. The van der Waals surface area contributed by atoms with Crippen molar-refractivity contribution in [3.63, 3.8) is 0 Å². The minimum Gasteiger partial charge on any atom is -0.497 e. The zero-order valence-electron chi connectivity index (χ0n) is 19.3. The van der Waals surface area contributed by atoms with Crippen LogP contribution < -0.4 is 19.5 Å². The Kier molecular flexibility index (Phi) is 7.14. The summed E-state index contributed by atoms with van der Waals surface area (Å²) < 4.78 is 17.2. The summed E-state index contributed by atoms with van der Waals surface area (Å²) in [5, 5.41) is 9.90. The molecule has 2 N–H and O–H groups in total. The Morgan fingerprint density at radius 3 is 2.88 bits per heavy atom. The van der Waals surface area contributed by atoms with Crippen LogP contribution in [0.1, 0.15) is 12.0 Å². The average Bonchev–Trinajstić information content (AvgIpc) is 3.36. The molecule has 0 radical (unpaired) electrons. The van der Waals surface area contributed by atoms with Gasteiger partial charge in [0.25, 0.3) is 0 Å². The quantitative estimate of drug-likeness (QED) is 0.484. The van der Waals surface area contributed by atoms with Crippen LogP contribution in [0.2, 0.25) is 0 Å². The Labute approximate surface area is 193 Å². The predicted octanol–water partition coefficient (Wildman–Crippen LogP) is 3.61. The van der Waals surface area contributed by atoms with E-state index in [2.05, 4.69) is 20.4 Å². The van der Waals surface area contributed by atoms with Crippen molar-refractivity contribution in [2.24, 2.45) is 5.92 Å². The van der Waals surface area contributed by atoms with Crippen molar-refractivity contribution in [2.75, 3.05) is 46.3 Å². The van der Waals surface area contributed by atoms with E-state index in [4.69, 9.17) is 14.2 Å². The largest absolute Gasteiger partial charge is 0.497 e. The standard InChI is InChI=1S/C25H30N4O4/c1-29(2)9-4-10-32-24-13-17(20-14-26-27-15-20)5-7-22(24)28-25(30)19-11-18-12-21(31-3)6-8-23(18)33-16-19/h5-8,12-15,19H,4,9-11,16H2,1-3H3,(H,26,27)(H,28,30)/t19-/m0/s1. The zero-order chi connectivity index (χ0) is 23.2. The Balaban J connectivity index is 1.49. The molecule has 3 aromatic rings. The maximum Gasteiger partial charge on any atom is 0.231 e. The van der Waals surface area contributed by atoms with Crippen molar-refractivity contribution in [3.05, 3.63) is 54.4 Å². The summed E-state index contributed by atoms with van der Waals surface area (Å²) in [6.07, 6.45) is 5.05. The third-order valence-electron chi connectivity index (χ3n) is 5.62. The molecule has 0 spiro atoms. The van der Waals surface area contributed by atoms with Crippen molar-refractivity contribution >= 4 is 11.6 Å². The lowest BCUT2D eigenvalue weighted by Gasteiger charge is -2.25. The van der Waals surface area contributed by atoms with Gasteiger partial charge in [-0.25, -0.2) is 0 Å². The molecule has 2 aromatic carbocycles. The van der Waals surface area contributed by atoms with Crippen LogP contribution in [0.15, 0.2) is 48.8 Å². The molecule has 0 saturated carbocycles. The number of hydrogen-bond acceptors (Lipinski definition) is 6. The number of anilines is 1. The van der Waals surface area contributed by atoms with Gasteiger partial charge in [-0.1, -0.05) is 6.07 Å². The number of rotatable bonds is 9. The van der Waals surface area contributed by atoms with Crippen LogP contribution in [-0.2, 0) is 11.2 Å². The predicted molar refractivity (Wildman–Crippen MR) is 127 cm³/mol. The summed E-state index contributed by atoms with van der Waals surface area (Å²) in [5.41, 5.74) is 3.54. The third kappa shape index (κ3) is 5.64. The van der Waals surface area contributed by atoms with E-state index in [1.807, 2.05) is 56.7 Å². The van der Waals surface area contributed by atoms with E-state index in [0.717, 1.165) is 41.2 Å². The molecule has 1 amide bonds. The minimum atomic E-state index is -0.306. The molecule has 0 fully saturated rings. The summed E-state index contributed by atoms with van der Waals surface area (Å²) in [4.78, 5) is 15.2. The van der Waals surface area contributed by atoms with Gasteiger partial charge in [0.05, 0.1) is 31.5 Å². The first-order valence-electron chi connectivity index (χ1n) is 11.0. The number of carbonyl (C=O) groups is 1. The van der Waals surface area contributed by atoms with Crippen LogP contribution in [0.25, 0.3) is 11.1 Å². The van der Waals surface area contributed by atoms with Crippen molar-refractivity contribution in [1.29, 1.82) is 0 Å². The molecule has 1 aliphatic rings. The highest BCUT2D eigenvalue weighted by Crippen LogP contribution is 2.34. The van der Waals surface area contributed by atoms with E-state index in [1.165, 1.54) is 0 Å². The number of nitrogens with one attached hydrogen (secondary N) is 2. The first kappa shape index (κ1) is 22.7. The average molecular weight is 451 g/mol. The number of aromatic nitrogens is 2. The number of nitrogens with zero attached hydrogens (tertiary/aromatic N) is 2. The first-order valence-corrected chi connectivity index (χ1v) is 11.0. The molecule has 4 rings (SSSR count). The summed E-state index contributed by atoms with van der Waals surface area (Å²) >= 11 is 0. The molecular formula is C25H30N4O4. The molecule has 174 valence electrons. The molecule has 1 aliphatic heterocycles. The second-order valence-electron chi connectivity index (χ2n) is 8.38. The molecule has 2 heterocycles. The molecule has 1 aromatic heterocycles. The monoisotopic (exact) mass is 450 g/mol. The van der Waals surface area contributed by atoms with E-state index in [0.29, 0.717) is 31.1 Å². The lowest BCUT2D eigenvalue weighted by atomic mass is 9.95. The Morgan fingerprint density at radius 2 is 2.12 bits per heavy atom. The number of carbonyl (C=O) groups excluding carboxylic acids is 1. The van der Waals surface area contributed by atoms with E-state index < -0.39 is 0 Å². The maximum atomic E-state index is 13.1. The molecule has 0 aliphatic carbocycles. The molecular weight excluding hydrogens is 420 g/mol. The SMILES string of the molecule is COc1ccc2c(c1)C[C@H](C(=O)Nc1ccc(-c3cn[nH]c3)cc1OCCCN(C)C)CO2. The van der Waals surface area contributed by atoms with Gasteiger partial charge in [-0.15, -0.1) is 0 Å². The number of aromatic amines is 1. The Bertz CT molecular complexity index is 1080. The molecule has 8 nitrogen and oxygen atoms in total. The second-order valence-corrected chi connectivity index (χ2v) is 8.38. The van der Waals surface area contributed by atoms with Crippen molar-refractivity contribution < 1.29 is 19.0 Å². The third-order valence-corrected chi connectivity index (χ3v) is 5.62. The van der Waals surface area contributed by atoms with E-state index in [-0.39, 0.29) is 11.8 Å². The van der Waals surface area contributed by atoms with Crippen LogP contribution in [0, 0.1) is 5.92 Å². The molecule has 0 bridgehead atoms. The zero-order valence-corrected chi connectivity index (χ0v) is 19.3. The van der Waals surface area contributed by atoms with Gasteiger partial charge in [0.2, 0.25) is 5.91 Å². The van der Waals surface area contributed by atoms with E-state index in [9.17, 15) is 4.79 Å². The van der Waals surface area contributed by atoms with Crippen LogP contribution in [0.3, 0.4) is 0 Å². The Hall–Kier alpha value is -3.52. The summed E-state index contributed by atoms with van der Waals surface area (Å²) in [7, 11) is 5.69. The van der Waals surface area contributed by atoms with Crippen LogP contribution in [0.5, 0.6) is 17.2 Å². The van der Waals surface area contributed by atoms with Gasteiger partial charge in [0, 0.05) is 18.3 Å². The van der Waals surface area contributed by atoms with Crippen molar-refractivity contribution in [1.82, 2.24) is 15.1 Å². The van der Waals surface area contributed by atoms with Crippen LogP contribution in [0.4, 0.5) is 5.69 Å². The van der Waals surface area contributed by atoms with Gasteiger partial charge >= 0.3 is 0 Å². The fourth-order valence-electron chi connectivity index (χ4n) is 3.80. The summed E-state index contributed by atoms with van der Waals surface area (Å²) in [5.74, 6) is 1.79. The lowest BCUT2D eigenvalue weighted by Crippen LogP contribution is -2.32. The van der Waals surface area contributed by atoms with Gasteiger partial charge in [0.15, 0.2) is 0 Å². The highest BCUT2D eigenvalue weighted by molar-refractivity contribution is 5.95. The van der Waals surface area contributed by atoms with Crippen LogP contribution >= 0.6 is 0 Å². The van der Waals surface area contributed by atoms with E-state index >= 15 is 0 Å². The highest BCUT2D eigenvalue weighted by atomic mass is 16.5. The Morgan fingerprint density at radius 1 is 1.24 bits per heavy atom. The number of ether oxygens (including phenoxy) is 3. The summed E-state index contributed by atoms with van der Waals surface area (Å²) in [6, 6.07) is 11.4. The number of amides is 1. The topological polar surface area (TPSA) is 88.7 Å². The van der Waals surface area contributed by atoms with Crippen molar-refractivity contribution in [2.45, 2.75) is 12.8 Å². The first-order chi connectivity index (χ1) is 16.0. The van der Waals surface area contributed by atoms with Gasteiger partial charge in [-0.3, -0.25) is 9.89 Å². The lowest BCUT2D eigenvalue weighted by molar-refractivity contribution is -0.121. The smallest absolute Gasteiger partial charge is 0.231 e. The van der Waals surface area contributed by atoms with Crippen LogP contribution in [-0.4, -0.2) is 62.0 Å². The second kappa shape index (κ2) is 10.4. The van der Waals surface area contributed by atoms with Gasteiger partial charge in [-0.05, 0) is 68.4 Å². The van der Waals surface area contributed by atoms with Gasteiger partial charge in [-0.2, -0.15) is 5.10 Å². The molecule has 33 heavy (non-hydrogen) atoms. The normalized spacial score (nSPS) is 15.0. The van der Waals surface area contributed by atoms with E-state index in [1.54, 1.807) is 13.3 Å². The number of fused-ring (bicyclic) bond motifs is 1. The van der Waals surface area contributed by atoms with Crippen molar-refractivity contribution in [3.8, 4) is 28.4 Å². The summed E-state index contributed by atoms with van der Waals surface area (Å²) in [6.45, 7) is 1.80. The number of H-pyrrole nitrogens is 1.